The fraction of sp³-hybridized carbons (Fsp3) is 0.364. The molecule has 2 rings (SSSR count). The van der Waals surface area contributed by atoms with Crippen molar-refractivity contribution in [2.45, 2.75) is 13.5 Å². The molecule has 1 heterocycles. The number of hydrogen-bond acceptors (Lipinski definition) is 3. The third kappa shape index (κ3) is 2.77. The van der Waals surface area contributed by atoms with Crippen LogP contribution in [0.15, 0.2) is 29.1 Å². The molecular weight excluding hydrogens is 291 g/mol. The molecular formula is C11H14ClN2O4P. The van der Waals surface area contributed by atoms with Crippen LogP contribution in [0.2, 0.25) is 0 Å². The number of hydrogen-bond donors (Lipinski definition) is 1. The Morgan fingerprint density at radius 2 is 2.00 bits per heavy atom. The fourth-order valence-corrected chi connectivity index (χ4v) is 3.14. The van der Waals surface area contributed by atoms with Crippen molar-refractivity contribution in [3.63, 3.8) is 0 Å². The summed E-state index contributed by atoms with van der Waals surface area (Å²) in [6, 6.07) is 6.71. The van der Waals surface area contributed by atoms with Crippen LogP contribution in [0.25, 0.3) is 11.0 Å². The highest BCUT2D eigenvalue weighted by Gasteiger charge is 2.25. The van der Waals surface area contributed by atoms with E-state index >= 15 is 0 Å². The number of halogens is 1. The first-order valence-corrected chi connectivity index (χ1v) is 8.30. The number of imidazole rings is 1. The lowest BCUT2D eigenvalue weighted by Crippen LogP contribution is -2.24. The van der Waals surface area contributed by atoms with Gasteiger partial charge in [-0.2, -0.15) is 0 Å². The summed E-state index contributed by atoms with van der Waals surface area (Å²) in [5, 5.41) is 0. The SMILES string of the molecule is CCOCCn1c(=O)n(P(=O)(O)Cl)c2ccccc21. The van der Waals surface area contributed by atoms with E-state index in [1.54, 1.807) is 24.3 Å². The zero-order valence-electron chi connectivity index (χ0n) is 10.3. The van der Waals surface area contributed by atoms with E-state index < -0.39 is 12.6 Å². The Balaban J connectivity index is 2.61. The van der Waals surface area contributed by atoms with Gasteiger partial charge in [0.15, 0.2) is 0 Å². The monoisotopic (exact) mass is 304 g/mol. The second-order valence-electron chi connectivity index (χ2n) is 3.90. The number of para-hydroxylation sites is 2. The minimum absolute atomic E-state index is 0.303. The Hall–Kier alpha value is -1.07. The van der Waals surface area contributed by atoms with Crippen LogP contribution in [0.5, 0.6) is 0 Å². The third-order valence-corrected chi connectivity index (χ3v) is 4.06. The fourth-order valence-electron chi connectivity index (χ4n) is 1.95. The van der Waals surface area contributed by atoms with Crippen molar-refractivity contribution in [2.75, 3.05) is 13.2 Å². The highest BCUT2D eigenvalue weighted by Crippen LogP contribution is 2.48. The van der Waals surface area contributed by atoms with Gasteiger partial charge in [-0.3, -0.25) is 4.57 Å². The minimum Gasteiger partial charge on any atom is -0.380 e. The maximum absolute atomic E-state index is 12.2. The molecule has 104 valence electrons. The van der Waals surface area contributed by atoms with Gasteiger partial charge in [0.2, 0.25) is 0 Å². The summed E-state index contributed by atoms with van der Waals surface area (Å²) in [5.74, 6) is 0. The van der Waals surface area contributed by atoms with E-state index in [2.05, 4.69) is 0 Å². The van der Waals surface area contributed by atoms with Gasteiger partial charge in [-0.1, -0.05) is 12.1 Å². The van der Waals surface area contributed by atoms with Crippen molar-refractivity contribution < 1.29 is 14.2 Å². The Morgan fingerprint density at radius 1 is 1.37 bits per heavy atom. The maximum Gasteiger partial charge on any atom is 0.393 e. The molecule has 0 aliphatic rings. The summed E-state index contributed by atoms with van der Waals surface area (Å²) >= 11 is 5.45. The molecule has 1 aromatic carbocycles. The van der Waals surface area contributed by atoms with Crippen LogP contribution in [-0.4, -0.2) is 27.0 Å². The molecule has 1 N–H and O–H groups in total. The number of ether oxygens (including phenoxy) is 1. The quantitative estimate of drug-likeness (QED) is 0.677. The van der Waals surface area contributed by atoms with Crippen molar-refractivity contribution in [3.8, 4) is 0 Å². The van der Waals surface area contributed by atoms with E-state index in [9.17, 15) is 14.3 Å². The summed E-state index contributed by atoms with van der Waals surface area (Å²) in [5.41, 5.74) is 0.286. The molecule has 2 aromatic rings. The molecule has 1 atom stereocenters. The number of aromatic nitrogens is 2. The standard InChI is InChI=1S/C11H14ClN2O4P/c1-2-18-8-7-13-9-5-3-4-6-10(9)14(11(13)15)19(12,16)17/h3-6H,2,7-8H2,1H3,(H,16,17). The topological polar surface area (TPSA) is 73.5 Å². The molecule has 0 saturated carbocycles. The molecule has 0 amide bonds. The molecule has 0 saturated heterocycles. The predicted octanol–water partition coefficient (Wildman–Crippen LogP) is 2.03. The van der Waals surface area contributed by atoms with E-state index in [0.717, 1.165) is 4.34 Å². The lowest BCUT2D eigenvalue weighted by atomic mass is 10.3. The normalized spacial score (nSPS) is 14.7. The van der Waals surface area contributed by atoms with E-state index in [4.69, 9.17) is 16.0 Å². The van der Waals surface area contributed by atoms with Crippen LogP contribution in [-0.2, 0) is 15.8 Å². The molecule has 1 unspecified atom stereocenters. The van der Waals surface area contributed by atoms with Crippen LogP contribution in [0.1, 0.15) is 6.92 Å². The summed E-state index contributed by atoms with van der Waals surface area (Å²) in [6.45, 7) is -1.16. The molecule has 6 nitrogen and oxygen atoms in total. The minimum atomic E-state index is -4.20. The predicted molar refractivity (Wildman–Crippen MR) is 73.8 cm³/mol. The Bertz CT molecular complexity index is 688. The Kier molecular flexibility index (Phi) is 4.16. The summed E-state index contributed by atoms with van der Waals surface area (Å²) in [7, 11) is 0. The molecule has 0 fully saturated rings. The second-order valence-corrected chi connectivity index (χ2v) is 6.57. The number of rotatable bonds is 5. The molecule has 0 radical (unpaired) electrons. The first kappa shape index (κ1) is 14.3. The zero-order valence-corrected chi connectivity index (χ0v) is 12.0. The van der Waals surface area contributed by atoms with E-state index in [1.807, 2.05) is 6.92 Å². The zero-order chi connectivity index (χ0) is 14.0. The second kappa shape index (κ2) is 5.51. The van der Waals surface area contributed by atoms with Crippen molar-refractivity contribution in [2.24, 2.45) is 0 Å². The molecule has 1 aromatic heterocycles. The van der Waals surface area contributed by atoms with Gasteiger partial charge in [0.05, 0.1) is 24.2 Å². The van der Waals surface area contributed by atoms with E-state index in [1.165, 1.54) is 4.57 Å². The average molecular weight is 305 g/mol. The van der Waals surface area contributed by atoms with Gasteiger partial charge in [0, 0.05) is 6.61 Å². The Morgan fingerprint density at radius 3 is 2.58 bits per heavy atom. The lowest BCUT2D eigenvalue weighted by Gasteiger charge is -2.03. The average Bonchev–Trinajstić information content (AvgIpc) is 2.62. The van der Waals surface area contributed by atoms with Crippen molar-refractivity contribution >= 4 is 29.1 Å². The van der Waals surface area contributed by atoms with E-state index in [0.29, 0.717) is 30.8 Å². The van der Waals surface area contributed by atoms with Crippen molar-refractivity contribution in [1.82, 2.24) is 8.90 Å². The lowest BCUT2D eigenvalue weighted by molar-refractivity contribution is 0.139. The Labute approximate surface area is 114 Å². The first-order valence-electron chi connectivity index (χ1n) is 5.78. The van der Waals surface area contributed by atoms with Gasteiger partial charge >= 0.3 is 12.6 Å². The van der Waals surface area contributed by atoms with Crippen LogP contribution in [0, 0.1) is 0 Å². The van der Waals surface area contributed by atoms with Gasteiger partial charge in [-0.25, -0.2) is 13.7 Å². The smallest absolute Gasteiger partial charge is 0.380 e. The molecule has 0 spiro atoms. The largest absolute Gasteiger partial charge is 0.393 e. The van der Waals surface area contributed by atoms with Crippen molar-refractivity contribution in [3.05, 3.63) is 34.7 Å². The molecule has 8 heteroatoms. The maximum atomic E-state index is 12.2. The van der Waals surface area contributed by atoms with Crippen LogP contribution in [0.3, 0.4) is 0 Å². The summed E-state index contributed by atoms with van der Waals surface area (Å²) in [4.78, 5) is 21.7. The number of fused-ring (bicyclic) bond motifs is 1. The summed E-state index contributed by atoms with van der Waals surface area (Å²) in [6.07, 6.45) is 0. The highest BCUT2D eigenvalue weighted by atomic mass is 35.7. The van der Waals surface area contributed by atoms with Gasteiger partial charge < -0.3 is 9.63 Å². The summed E-state index contributed by atoms with van der Waals surface area (Å²) < 4.78 is 19.0. The van der Waals surface area contributed by atoms with E-state index in [-0.39, 0.29) is 0 Å². The highest BCUT2D eigenvalue weighted by molar-refractivity contribution is 7.83. The van der Waals surface area contributed by atoms with Crippen LogP contribution < -0.4 is 5.69 Å². The molecule has 0 aliphatic heterocycles. The van der Waals surface area contributed by atoms with Crippen molar-refractivity contribution in [1.29, 1.82) is 0 Å². The van der Waals surface area contributed by atoms with Gasteiger partial charge in [-0.15, -0.1) is 0 Å². The third-order valence-electron chi connectivity index (χ3n) is 2.72. The number of nitrogens with zero attached hydrogens (tertiary/aromatic N) is 2. The van der Waals surface area contributed by atoms with Gasteiger partial charge in [-0.05, 0) is 30.3 Å². The first-order chi connectivity index (χ1) is 8.96. The molecule has 0 bridgehead atoms. The molecule has 19 heavy (non-hydrogen) atoms. The van der Waals surface area contributed by atoms with Gasteiger partial charge in [0.1, 0.15) is 0 Å². The number of benzene rings is 1. The van der Waals surface area contributed by atoms with Crippen LogP contribution in [0.4, 0.5) is 0 Å². The molecule has 0 aliphatic carbocycles. The van der Waals surface area contributed by atoms with Gasteiger partial charge in [0.25, 0.3) is 0 Å². The van der Waals surface area contributed by atoms with Crippen LogP contribution >= 0.6 is 18.1 Å².